The fraction of sp³-hybridized carbons (Fsp3) is 0.833. The maximum Gasteiger partial charge on any atom is 0.156 e. The van der Waals surface area contributed by atoms with Gasteiger partial charge in [0.15, 0.2) is 5.17 Å². The second-order valence-corrected chi connectivity index (χ2v) is 2.73. The Kier molecular flexibility index (Phi) is 7.51. The van der Waals surface area contributed by atoms with Crippen LogP contribution in [-0.4, -0.2) is 37.7 Å². The minimum Gasteiger partial charge on any atom is -0.378 e. The lowest BCUT2D eigenvalue weighted by molar-refractivity contribution is 0.144. The van der Waals surface area contributed by atoms with Crippen LogP contribution in [0.2, 0.25) is 0 Å². The highest BCUT2D eigenvalue weighted by Gasteiger charge is 1.98. The third kappa shape index (κ3) is 4.86. The van der Waals surface area contributed by atoms with Crippen LogP contribution < -0.4 is 5.32 Å². The summed E-state index contributed by atoms with van der Waals surface area (Å²) in [6, 6.07) is 0. The SMILES string of the molecule is CSC1=NCCOCCN1.I. The monoisotopic (exact) mass is 288 g/mol. The molecule has 1 aliphatic heterocycles. The van der Waals surface area contributed by atoms with Crippen molar-refractivity contribution in [1.82, 2.24) is 5.32 Å². The van der Waals surface area contributed by atoms with Crippen molar-refractivity contribution in [2.45, 2.75) is 0 Å². The highest BCUT2D eigenvalue weighted by atomic mass is 127. The minimum atomic E-state index is 0. The Bertz CT molecular complexity index is 132. The molecule has 5 heteroatoms. The Balaban J connectivity index is 0.000001000. The van der Waals surface area contributed by atoms with Crippen molar-refractivity contribution < 1.29 is 4.74 Å². The van der Waals surface area contributed by atoms with Gasteiger partial charge in [0.2, 0.25) is 0 Å². The summed E-state index contributed by atoms with van der Waals surface area (Å²) in [6.45, 7) is 3.20. The number of nitrogens with one attached hydrogen (secondary N) is 1. The molecule has 0 aromatic carbocycles. The number of halogens is 1. The van der Waals surface area contributed by atoms with Crippen LogP contribution in [0.5, 0.6) is 0 Å². The van der Waals surface area contributed by atoms with Crippen molar-refractivity contribution >= 4 is 40.9 Å². The third-order valence-corrected chi connectivity index (χ3v) is 1.87. The van der Waals surface area contributed by atoms with Gasteiger partial charge in [0.05, 0.1) is 19.8 Å². The lowest BCUT2D eigenvalue weighted by Crippen LogP contribution is -2.27. The molecule has 11 heavy (non-hydrogen) atoms. The van der Waals surface area contributed by atoms with Gasteiger partial charge < -0.3 is 10.1 Å². The molecule has 0 unspecified atom stereocenters. The first-order chi connectivity index (χ1) is 4.93. The van der Waals surface area contributed by atoms with Gasteiger partial charge in [0.1, 0.15) is 0 Å². The van der Waals surface area contributed by atoms with Crippen LogP contribution in [0.3, 0.4) is 0 Å². The smallest absolute Gasteiger partial charge is 0.156 e. The molecule has 0 atom stereocenters. The topological polar surface area (TPSA) is 33.6 Å². The summed E-state index contributed by atoms with van der Waals surface area (Å²) in [6.07, 6.45) is 2.02. The molecular weight excluding hydrogens is 275 g/mol. The molecule has 0 amide bonds. The first-order valence-corrected chi connectivity index (χ1v) is 4.56. The van der Waals surface area contributed by atoms with E-state index in [9.17, 15) is 0 Å². The summed E-state index contributed by atoms with van der Waals surface area (Å²) >= 11 is 1.65. The first kappa shape index (κ1) is 11.5. The van der Waals surface area contributed by atoms with E-state index >= 15 is 0 Å². The number of aliphatic imine (C=N–C) groups is 1. The van der Waals surface area contributed by atoms with E-state index in [2.05, 4.69) is 10.3 Å². The van der Waals surface area contributed by atoms with Crippen molar-refractivity contribution in [3.63, 3.8) is 0 Å². The molecule has 0 aromatic rings. The molecule has 0 fully saturated rings. The molecule has 1 heterocycles. The Hall–Kier alpha value is 0.510. The Labute approximate surface area is 88.4 Å². The molecule has 0 aromatic heterocycles. The summed E-state index contributed by atoms with van der Waals surface area (Å²) in [5.41, 5.74) is 0. The van der Waals surface area contributed by atoms with Gasteiger partial charge in [-0.15, -0.1) is 24.0 Å². The first-order valence-electron chi connectivity index (χ1n) is 3.33. The molecule has 0 spiro atoms. The van der Waals surface area contributed by atoms with E-state index in [4.69, 9.17) is 4.74 Å². The van der Waals surface area contributed by atoms with Gasteiger partial charge in [0.25, 0.3) is 0 Å². The van der Waals surface area contributed by atoms with Gasteiger partial charge in [-0.25, -0.2) is 0 Å². The summed E-state index contributed by atoms with van der Waals surface area (Å²) in [5.74, 6) is 0. The van der Waals surface area contributed by atoms with Crippen molar-refractivity contribution in [3.8, 4) is 0 Å². The molecule has 0 radical (unpaired) electrons. The fourth-order valence-electron chi connectivity index (χ4n) is 0.737. The molecular formula is C6H13IN2OS. The van der Waals surface area contributed by atoms with Crippen LogP contribution in [0.1, 0.15) is 0 Å². The van der Waals surface area contributed by atoms with Crippen molar-refractivity contribution in [1.29, 1.82) is 0 Å². The Morgan fingerprint density at radius 2 is 2.36 bits per heavy atom. The zero-order chi connectivity index (χ0) is 7.23. The van der Waals surface area contributed by atoms with Crippen LogP contribution in [0, 0.1) is 0 Å². The average molecular weight is 288 g/mol. The van der Waals surface area contributed by atoms with Gasteiger partial charge in [-0.3, -0.25) is 4.99 Å². The molecule has 0 saturated carbocycles. The lowest BCUT2D eigenvalue weighted by atomic mass is 10.6. The van der Waals surface area contributed by atoms with Gasteiger partial charge in [-0.2, -0.15) is 0 Å². The maximum atomic E-state index is 5.19. The number of amidine groups is 1. The van der Waals surface area contributed by atoms with Crippen LogP contribution >= 0.6 is 35.7 Å². The lowest BCUT2D eigenvalue weighted by Gasteiger charge is -2.11. The van der Waals surface area contributed by atoms with Crippen molar-refractivity contribution in [2.24, 2.45) is 4.99 Å². The molecule has 0 aliphatic carbocycles. The zero-order valence-corrected chi connectivity index (χ0v) is 9.65. The molecule has 1 N–H and O–H groups in total. The summed E-state index contributed by atoms with van der Waals surface area (Å²) < 4.78 is 5.19. The molecule has 1 aliphatic rings. The van der Waals surface area contributed by atoms with E-state index in [1.807, 2.05) is 6.26 Å². The predicted molar refractivity (Wildman–Crippen MR) is 60.1 cm³/mol. The van der Waals surface area contributed by atoms with Gasteiger partial charge >= 0.3 is 0 Å². The highest BCUT2D eigenvalue weighted by molar-refractivity contribution is 14.0. The van der Waals surface area contributed by atoms with E-state index in [1.54, 1.807) is 11.8 Å². The largest absolute Gasteiger partial charge is 0.378 e. The number of ether oxygens (including phenoxy) is 1. The van der Waals surface area contributed by atoms with E-state index in [0.717, 1.165) is 31.5 Å². The van der Waals surface area contributed by atoms with Crippen molar-refractivity contribution in [2.75, 3.05) is 32.6 Å². The number of nitrogens with zero attached hydrogens (tertiary/aromatic N) is 1. The highest BCUT2D eigenvalue weighted by Crippen LogP contribution is 1.95. The quantitative estimate of drug-likeness (QED) is 0.674. The Morgan fingerprint density at radius 1 is 1.55 bits per heavy atom. The summed E-state index contributed by atoms with van der Waals surface area (Å²) in [4.78, 5) is 4.25. The normalized spacial score (nSPS) is 18.5. The molecule has 1 rings (SSSR count). The zero-order valence-electron chi connectivity index (χ0n) is 6.50. The van der Waals surface area contributed by atoms with Crippen LogP contribution in [0.4, 0.5) is 0 Å². The van der Waals surface area contributed by atoms with E-state index in [1.165, 1.54) is 0 Å². The van der Waals surface area contributed by atoms with Gasteiger partial charge in [-0.1, -0.05) is 11.8 Å². The van der Waals surface area contributed by atoms with E-state index in [-0.39, 0.29) is 24.0 Å². The minimum absolute atomic E-state index is 0. The van der Waals surface area contributed by atoms with Gasteiger partial charge in [-0.05, 0) is 6.26 Å². The third-order valence-electron chi connectivity index (χ3n) is 1.21. The second-order valence-electron chi connectivity index (χ2n) is 1.93. The molecule has 0 saturated heterocycles. The number of thioether (sulfide) groups is 1. The summed E-state index contributed by atoms with van der Waals surface area (Å²) in [7, 11) is 0. The molecule has 0 bridgehead atoms. The van der Waals surface area contributed by atoms with Crippen LogP contribution in [0.15, 0.2) is 4.99 Å². The maximum absolute atomic E-state index is 5.19. The number of rotatable bonds is 0. The number of hydrogen-bond acceptors (Lipinski definition) is 4. The number of hydrogen-bond donors (Lipinski definition) is 1. The van der Waals surface area contributed by atoms with E-state index in [0.29, 0.717) is 0 Å². The fourth-order valence-corrected chi connectivity index (χ4v) is 1.20. The van der Waals surface area contributed by atoms with Crippen molar-refractivity contribution in [3.05, 3.63) is 0 Å². The van der Waals surface area contributed by atoms with Gasteiger partial charge in [0, 0.05) is 6.54 Å². The van der Waals surface area contributed by atoms with Crippen LogP contribution in [-0.2, 0) is 4.74 Å². The second kappa shape index (κ2) is 7.17. The molecule has 66 valence electrons. The van der Waals surface area contributed by atoms with Crippen LogP contribution in [0.25, 0.3) is 0 Å². The molecule has 3 nitrogen and oxygen atoms in total. The Morgan fingerprint density at radius 3 is 3.09 bits per heavy atom. The standard InChI is InChI=1S/C6H12N2OS.HI/c1-10-6-7-2-4-9-5-3-8-6;/h2-5H2,1H3,(H,7,8);1H. The van der Waals surface area contributed by atoms with E-state index < -0.39 is 0 Å². The average Bonchev–Trinajstić information content (AvgIpc) is 1.87. The summed E-state index contributed by atoms with van der Waals surface area (Å²) in [5, 5.41) is 4.19. The predicted octanol–water partition coefficient (Wildman–Crippen LogP) is 0.943.